The Kier molecular flexibility index (Phi) is 7.94. The van der Waals surface area contributed by atoms with E-state index in [0.717, 1.165) is 29.1 Å². The van der Waals surface area contributed by atoms with E-state index in [0.29, 0.717) is 0 Å². The molecule has 2 aromatic rings. The van der Waals surface area contributed by atoms with Gasteiger partial charge in [-0.05, 0) is 62.6 Å². The molecule has 3 heteroatoms. The van der Waals surface area contributed by atoms with Crippen molar-refractivity contribution in [1.82, 2.24) is 0 Å². The molecule has 0 fully saturated rings. The summed E-state index contributed by atoms with van der Waals surface area (Å²) in [6.45, 7) is 6.06. The highest BCUT2D eigenvalue weighted by Crippen LogP contribution is 2.22. The summed E-state index contributed by atoms with van der Waals surface area (Å²) in [4.78, 5) is 11.9. The molecule has 0 aliphatic rings. The second kappa shape index (κ2) is 10.4. The summed E-state index contributed by atoms with van der Waals surface area (Å²) in [6, 6.07) is 16.4. The SMILES string of the molecule is CCCCCCc1cccc(Nc2cccc(NC(=O)C=C(C)C)c2)c1. The lowest BCUT2D eigenvalue weighted by Crippen LogP contribution is -2.08. The molecule has 0 saturated carbocycles. The molecule has 0 heterocycles. The van der Waals surface area contributed by atoms with Crippen molar-refractivity contribution >= 4 is 23.0 Å². The van der Waals surface area contributed by atoms with E-state index in [9.17, 15) is 4.79 Å². The van der Waals surface area contributed by atoms with Gasteiger partial charge in [-0.15, -0.1) is 0 Å². The molecule has 0 saturated heterocycles. The van der Waals surface area contributed by atoms with Crippen LogP contribution in [0.25, 0.3) is 0 Å². The molecule has 0 radical (unpaired) electrons. The first kappa shape index (κ1) is 19.8. The zero-order valence-electron chi connectivity index (χ0n) is 16.1. The fourth-order valence-electron chi connectivity index (χ4n) is 2.84. The summed E-state index contributed by atoms with van der Waals surface area (Å²) in [6.07, 6.45) is 7.83. The first-order valence-electron chi connectivity index (χ1n) is 9.48. The smallest absolute Gasteiger partial charge is 0.248 e. The molecule has 2 N–H and O–H groups in total. The predicted molar refractivity (Wildman–Crippen MR) is 112 cm³/mol. The van der Waals surface area contributed by atoms with Gasteiger partial charge in [0, 0.05) is 23.1 Å². The number of anilines is 3. The van der Waals surface area contributed by atoms with Crippen LogP contribution in [-0.2, 0) is 11.2 Å². The van der Waals surface area contributed by atoms with Crippen molar-refractivity contribution in [3.8, 4) is 0 Å². The van der Waals surface area contributed by atoms with Crippen LogP contribution in [0.1, 0.15) is 52.0 Å². The van der Waals surface area contributed by atoms with Crippen LogP contribution in [0.3, 0.4) is 0 Å². The highest BCUT2D eigenvalue weighted by atomic mass is 16.1. The normalized spacial score (nSPS) is 10.3. The van der Waals surface area contributed by atoms with Gasteiger partial charge in [-0.25, -0.2) is 0 Å². The topological polar surface area (TPSA) is 41.1 Å². The molecule has 0 bridgehead atoms. The minimum absolute atomic E-state index is 0.101. The lowest BCUT2D eigenvalue weighted by molar-refractivity contribution is -0.111. The van der Waals surface area contributed by atoms with E-state index in [1.807, 2.05) is 38.1 Å². The minimum Gasteiger partial charge on any atom is -0.355 e. The Morgan fingerprint density at radius 1 is 0.923 bits per heavy atom. The number of amides is 1. The van der Waals surface area contributed by atoms with Gasteiger partial charge in [-0.1, -0.05) is 50.0 Å². The molecule has 0 unspecified atom stereocenters. The maximum absolute atomic E-state index is 11.9. The second-order valence-electron chi connectivity index (χ2n) is 6.93. The van der Waals surface area contributed by atoms with Gasteiger partial charge in [0.15, 0.2) is 0 Å². The van der Waals surface area contributed by atoms with E-state index >= 15 is 0 Å². The van der Waals surface area contributed by atoms with Gasteiger partial charge in [0.1, 0.15) is 0 Å². The van der Waals surface area contributed by atoms with Crippen molar-refractivity contribution in [2.75, 3.05) is 10.6 Å². The van der Waals surface area contributed by atoms with E-state index in [4.69, 9.17) is 0 Å². The van der Waals surface area contributed by atoms with Gasteiger partial charge >= 0.3 is 0 Å². The number of aryl methyl sites for hydroxylation is 1. The molecular formula is C23H30N2O. The third-order valence-corrected chi connectivity index (χ3v) is 4.08. The fourth-order valence-corrected chi connectivity index (χ4v) is 2.84. The maximum atomic E-state index is 11.9. The van der Waals surface area contributed by atoms with Crippen LogP contribution in [0.5, 0.6) is 0 Å². The van der Waals surface area contributed by atoms with E-state index < -0.39 is 0 Å². The molecule has 1 amide bonds. The van der Waals surface area contributed by atoms with Crippen molar-refractivity contribution < 1.29 is 4.79 Å². The fraction of sp³-hybridized carbons (Fsp3) is 0.348. The Hall–Kier alpha value is -2.55. The van der Waals surface area contributed by atoms with Crippen molar-refractivity contribution in [1.29, 1.82) is 0 Å². The number of carbonyl (C=O) groups excluding carboxylic acids is 1. The Morgan fingerprint density at radius 2 is 1.62 bits per heavy atom. The van der Waals surface area contributed by atoms with E-state index in [1.54, 1.807) is 6.08 Å². The Balaban J connectivity index is 1.99. The van der Waals surface area contributed by atoms with Gasteiger partial charge < -0.3 is 10.6 Å². The van der Waals surface area contributed by atoms with Gasteiger partial charge in [0.2, 0.25) is 5.91 Å². The summed E-state index contributed by atoms with van der Waals surface area (Å²) in [5.74, 6) is -0.101. The predicted octanol–water partition coefficient (Wildman–Crippen LogP) is 6.46. The van der Waals surface area contributed by atoms with Gasteiger partial charge in [0.05, 0.1) is 0 Å². The first-order valence-corrected chi connectivity index (χ1v) is 9.48. The number of unbranched alkanes of at least 4 members (excludes halogenated alkanes) is 3. The molecule has 26 heavy (non-hydrogen) atoms. The van der Waals surface area contributed by atoms with E-state index in [-0.39, 0.29) is 5.91 Å². The summed E-state index contributed by atoms with van der Waals surface area (Å²) in [7, 11) is 0. The average molecular weight is 351 g/mol. The van der Waals surface area contributed by atoms with Crippen molar-refractivity contribution in [3.05, 3.63) is 65.7 Å². The number of allylic oxidation sites excluding steroid dienone is 1. The van der Waals surface area contributed by atoms with Crippen molar-refractivity contribution in [3.63, 3.8) is 0 Å². The van der Waals surface area contributed by atoms with Crippen LogP contribution in [0, 0.1) is 0 Å². The molecule has 0 aliphatic carbocycles. The van der Waals surface area contributed by atoms with Crippen LogP contribution < -0.4 is 10.6 Å². The Labute approximate surface area is 157 Å². The molecule has 0 aliphatic heterocycles. The molecule has 0 atom stereocenters. The molecular weight excluding hydrogens is 320 g/mol. The summed E-state index contributed by atoms with van der Waals surface area (Å²) in [5, 5.41) is 6.33. The molecule has 3 nitrogen and oxygen atoms in total. The number of carbonyl (C=O) groups is 1. The number of rotatable bonds is 9. The van der Waals surface area contributed by atoms with Crippen LogP contribution in [0.15, 0.2) is 60.2 Å². The van der Waals surface area contributed by atoms with Crippen molar-refractivity contribution in [2.45, 2.75) is 52.9 Å². The molecule has 0 spiro atoms. The third-order valence-electron chi connectivity index (χ3n) is 4.08. The van der Waals surface area contributed by atoms with Crippen LogP contribution in [0.4, 0.5) is 17.1 Å². The minimum atomic E-state index is -0.101. The molecule has 2 rings (SSSR count). The highest BCUT2D eigenvalue weighted by Gasteiger charge is 2.02. The number of nitrogens with one attached hydrogen (secondary N) is 2. The second-order valence-corrected chi connectivity index (χ2v) is 6.93. The van der Waals surface area contributed by atoms with Gasteiger partial charge in [0.25, 0.3) is 0 Å². The first-order chi connectivity index (χ1) is 12.6. The monoisotopic (exact) mass is 350 g/mol. The summed E-state index contributed by atoms with van der Waals surface area (Å²) < 4.78 is 0. The zero-order valence-corrected chi connectivity index (χ0v) is 16.1. The quantitative estimate of drug-likeness (QED) is 0.402. The largest absolute Gasteiger partial charge is 0.355 e. The third kappa shape index (κ3) is 7.14. The van der Waals surface area contributed by atoms with Crippen LogP contribution >= 0.6 is 0 Å². The molecule has 0 aromatic heterocycles. The molecule has 138 valence electrons. The number of benzene rings is 2. The number of hydrogen-bond acceptors (Lipinski definition) is 2. The Morgan fingerprint density at radius 3 is 2.35 bits per heavy atom. The van der Waals surface area contributed by atoms with Gasteiger partial charge in [-0.3, -0.25) is 4.79 Å². The van der Waals surface area contributed by atoms with Crippen LogP contribution in [-0.4, -0.2) is 5.91 Å². The maximum Gasteiger partial charge on any atom is 0.248 e. The standard InChI is InChI=1S/C23H30N2O/c1-4-5-6-7-10-19-11-8-12-20(16-19)24-21-13-9-14-22(17-21)25-23(26)15-18(2)3/h8-9,11-17,24H,4-7,10H2,1-3H3,(H,25,26). The van der Waals surface area contributed by atoms with Crippen LogP contribution in [0.2, 0.25) is 0 Å². The van der Waals surface area contributed by atoms with Gasteiger partial charge in [-0.2, -0.15) is 0 Å². The Bertz CT molecular complexity index is 745. The zero-order chi connectivity index (χ0) is 18.8. The lowest BCUT2D eigenvalue weighted by atomic mass is 10.1. The lowest BCUT2D eigenvalue weighted by Gasteiger charge is -2.10. The highest BCUT2D eigenvalue weighted by molar-refractivity contribution is 6.00. The molecule has 2 aromatic carbocycles. The van der Waals surface area contributed by atoms with Crippen molar-refractivity contribution in [2.24, 2.45) is 0 Å². The number of hydrogen-bond donors (Lipinski definition) is 2. The van der Waals surface area contributed by atoms with E-state index in [1.165, 1.54) is 31.2 Å². The summed E-state index contributed by atoms with van der Waals surface area (Å²) in [5.41, 5.74) is 5.16. The average Bonchev–Trinajstić information content (AvgIpc) is 2.59. The van der Waals surface area contributed by atoms with E-state index in [2.05, 4.69) is 41.8 Å². The summed E-state index contributed by atoms with van der Waals surface area (Å²) >= 11 is 0.